The quantitative estimate of drug-likeness (QED) is 0.527. The number of aromatic nitrogens is 3. The van der Waals surface area contributed by atoms with Gasteiger partial charge in [0, 0.05) is 6.20 Å². The SMILES string of the molecule is c1cc2cncn2[nH]1. The van der Waals surface area contributed by atoms with E-state index in [1.165, 1.54) is 0 Å². The Bertz CT molecular complexity index is 229. The number of fused-ring (bicyclic) bond motifs is 1. The van der Waals surface area contributed by atoms with Gasteiger partial charge in [-0.1, -0.05) is 0 Å². The van der Waals surface area contributed by atoms with Gasteiger partial charge in [0.15, 0.2) is 0 Å². The molecule has 0 fully saturated rings. The Balaban J connectivity index is 3.06. The predicted molar refractivity (Wildman–Crippen MR) is 29.5 cm³/mol. The molecular formula is C5H5N3. The van der Waals surface area contributed by atoms with Crippen LogP contribution in [0.2, 0.25) is 0 Å². The first kappa shape index (κ1) is 3.72. The van der Waals surface area contributed by atoms with Gasteiger partial charge in [-0.3, -0.25) is 0 Å². The number of aromatic amines is 1. The average molecular weight is 107 g/mol. The van der Waals surface area contributed by atoms with Gasteiger partial charge in [-0.05, 0) is 6.07 Å². The molecule has 0 atom stereocenters. The van der Waals surface area contributed by atoms with Crippen molar-refractivity contribution >= 4 is 5.52 Å². The summed E-state index contributed by atoms with van der Waals surface area (Å²) < 4.78 is 1.85. The van der Waals surface area contributed by atoms with Crippen LogP contribution in [0, 0.1) is 0 Å². The third-order valence-electron chi connectivity index (χ3n) is 1.13. The Kier molecular flexibility index (Phi) is 0.521. The van der Waals surface area contributed by atoms with E-state index in [-0.39, 0.29) is 0 Å². The van der Waals surface area contributed by atoms with E-state index in [0.29, 0.717) is 0 Å². The second-order valence-electron chi connectivity index (χ2n) is 1.65. The lowest BCUT2D eigenvalue weighted by atomic mass is 10.6. The lowest BCUT2D eigenvalue weighted by Crippen LogP contribution is -1.75. The monoisotopic (exact) mass is 107 g/mol. The van der Waals surface area contributed by atoms with E-state index in [0.717, 1.165) is 5.52 Å². The van der Waals surface area contributed by atoms with Crippen LogP contribution in [-0.4, -0.2) is 14.6 Å². The normalized spacial score (nSPS) is 10.5. The maximum Gasteiger partial charge on any atom is 0.115 e. The fourth-order valence-electron chi connectivity index (χ4n) is 0.739. The molecule has 2 aromatic rings. The van der Waals surface area contributed by atoms with Gasteiger partial charge in [0.2, 0.25) is 0 Å². The summed E-state index contributed by atoms with van der Waals surface area (Å²) in [5.41, 5.74) is 1.10. The number of H-pyrrole nitrogens is 1. The first-order valence-corrected chi connectivity index (χ1v) is 2.42. The highest BCUT2D eigenvalue weighted by Crippen LogP contribution is 1.95. The summed E-state index contributed by atoms with van der Waals surface area (Å²) in [4.78, 5) is 3.89. The number of rotatable bonds is 0. The second kappa shape index (κ2) is 1.12. The van der Waals surface area contributed by atoms with Crippen molar-refractivity contribution in [3.63, 3.8) is 0 Å². The Hall–Kier alpha value is -1.25. The third kappa shape index (κ3) is 0.307. The van der Waals surface area contributed by atoms with Crippen LogP contribution < -0.4 is 0 Å². The number of hydrogen-bond acceptors (Lipinski definition) is 1. The molecule has 0 bridgehead atoms. The molecule has 0 amide bonds. The highest BCUT2D eigenvalue weighted by molar-refractivity contribution is 5.41. The third-order valence-corrected chi connectivity index (χ3v) is 1.13. The molecule has 0 radical (unpaired) electrons. The van der Waals surface area contributed by atoms with Gasteiger partial charge in [-0.25, -0.2) is 9.50 Å². The summed E-state index contributed by atoms with van der Waals surface area (Å²) in [5.74, 6) is 0. The summed E-state index contributed by atoms with van der Waals surface area (Å²) in [7, 11) is 0. The molecule has 0 aliphatic rings. The lowest BCUT2D eigenvalue weighted by Gasteiger charge is -1.74. The Morgan fingerprint density at radius 1 is 1.62 bits per heavy atom. The van der Waals surface area contributed by atoms with Crippen molar-refractivity contribution in [1.29, 1.82) is 0 Å². The fourth-order valence-corrected chi connectivity index (χ4v) is 0.739. The number of nitrogens with one attached hydrogen (secondary N) is 1. The van der Waals surface area contributed by atoms with Crippen molar-refractivity contribution in [1.82, 2.24) is 14.6 Å². The van der Waals surface area contributed by atoms with E-state index >= 15 is 0 Å². The lowest BCUT2D eigenvalue weighted by molar-refractivity contribution is 0.957. The molecule has 0 aliphatic heterocycles. The van der Waals surface area contributed by atoms with Gasteiger partial charge in [0.25, 0.3) is 0 Å². The van der Waals surface area contributed by atoms with Gasteiger partial charge in [-0.2, -0.15) is 0 Å². The summed E-state index contributed by atoms with van der Waals surface area (Å²) in [6, 6.07) is 1.97. The predicted octanol–water partition coefficient (Wildman–Crippen LogP) is 0.662. The molecule has 3 heteroatoms. The minimum absolute atomic E-state index is 1.10. The van der Waals surface area contributed by atoms with Gasteiger partial charge < -0.3 is 5.10 Å². The molecule has 0 aromatic carbocycles. The number of hydrogen-bond donors (Lipinski definition) is 1. The Labute approximate surface area is 45.9 Å². The van der Waals surface area contributed by atoms with Gasteiger partial charge in [0.05, 0.1) is 11.7 Å². The van der Waals surface area contributed by atoms with Crippen LogP contribution in [0.3, 0.4) is 0 Å². The van der Waals surface area contributed by atoms with Crippen molar-refractivity contribution < 1.29 is 0 Å². The van der Waals surface area contributed by atoms with E-state index in [1.54, 1.807) is 12.5 Å². The molecule has 2 heterocycles. The summed E-state index contributed by atoms with van der Waals surface area (Å²) >= 11 is 0. The van der Waals surface area contributed by atoms with Crippen molar-refractivity contribution in [2.45, 2.75) is 0 Å². The van der Waals surface area contributed by atoms with Crippen molar-refractivity contribution in [3.05, 3.63) is 24.8 Å². The molecule has 8 heavy (non-hydrogen) atoms. The number of nitrogens with zero attached hydrogens (tertiary/aromatic N) is 2. The first-order chi connectivity index (χ1) is 3.97. The van der Waals surface area contributed by atoms with Crippen LogP contribution in [0.5, 0.6) is 0 Å². The maximum absolute atomic E-state index is 3.89. The zero-order valence-electron chi connectivity index (χ0n) is 4.20. The first-order valence-electron chi connectivity index (χ1n) is 2.42. The van der Waals surface area contributed by atoms with Crippen LogP contribution >= 0.6 is 0 Å². The van der Waals surface area contributed by atoms with Crippen LogP contribution in [0.15, 0.2) is 24.8 Å². The molecule has 1 N–H and O–H groups in total. The van der Waals surface area contributed by atoms with Crippen LogP contribution in [0.4, 0.5) is 0 Å². The van der Waals surface area contributed by atoms with Crippen LogP contribution in [0.1, 0.15) is 0 Å². The summed E-state index contributed by atoms with van der Waals surface area (Å²) in [6.07, 6.45) is 5.41. The summed E-state index contributed by atoms with van der Waals surface area (Å²) in [6.45, 7) is 0. The van der Waals surface area contributed by atoms with E-state index in [4.69, 9.17) is 0 Å². The zero-order chi connectivity index (χ0) is 5.40. The summed E-state index contributed by atoms with van der Waals surface area (Å²) in [5, 5.41) is 2.95. The highest BCUT2D eigenvalue weighted by Gasteiger charge is 1.86. The molecule has 0 spiro atoms. The fraction of sp³-hybridized carbons (Fsp3) is 0. The van der Waals surface area contributed by atoms with Gasteiger partial charge in [-0.15, -0.1) is 0 Å². The van der Waals surface area contributed by atoms with E-state index < -0.39 is 0 Å². The molecule has 0 saturated carbocycles. The van der Waals surface area contributed by atoms with E-state index in [2.05, 4.69) is 10.1 Å². The largest absolute Gasteiger partial charge is 0.300 e. The van der Waals surface area contributed by atoms with Crippen molar-refractivity contribution in [2.75, 3.05) is 0 Å². The van der Waals surface area contributed by atoms with E-state index in [9.17, 15) is 0 Å². The van der Waals surface area contributed by atoms with E-state index in [1.807, 2.05) is 16.8 Å². The Morgan fingerprint density at radius 2 is 2.62 bits per heavy atom. The molecule has 2 rings (SSSR count). The molecule has 0 aliphatic carbocycles. The molecule has 0 unspecified atom stereocenters. The second-order valence-corrected chi connectivity index (χ2v) is 1.65. The molecule has 40 valence electrons. The Morgan fingerprint density at radius 3 is 3.50 bits per heavy atom. The topological polar surface area (TPSA) is 33.1 Å². The maximum atomic E-state index is 3.89. The molecule has 0 saturated heterocycles. The molecule has 3 nitrogen and oxygen atoms in total. The van der Waals surface area contributed by atoms with Crippen molar-refractivity contribution in [3.8, 4) is 0 Å². The van der Waals surface area contributed by atoms with Gasteiger partial charge in [0.1, 0.15) is 6.33 Å². The minimum atomic E-state index is 1.10. The molecule has 2 aromatic heterocycles. The average Bonchev–Trinajstić information content (AvgIpc) is 2.15. The highest BCUT2D eigenvalue weighted by atomic mass is 15.2. The standard InChI is InChI=1S/C5H5N3/c1-2-7-8-4-6-3-5(1)8/h1-4,7H. The number of imidazole rings is 1. The minimum Gasteiger partial charge on any atom is -0.300 e. The van der Waals surface area contributed by atoms with Gasteiger partial charge >= 0.3 is 0 Å². The zero-order valence-corrected chi connectivity index (χ0v) is 4.20. The molecular weight excluding hydrogens is 102 g/mol. The van der Waals surface area contributed by atoms with Crippen LogP contribution in [0.25, 0.3) is 5.52 Å². The van der Waals surface area contributed by atoms with Crippen LogP contribution in [-0.2, 0) is 0 Å². The van der Waals surface area contributed by atoms with Crippen molar-refractivity contribution in [2.24, 2.45) is 0 Å². The smallest absolute Gasteiger partial charge is 0.115 e.